The van der Waals surface area contributed by atoms with E-state index < -0.39 is 6.04 Å². The summed E-state index contributed by atoms with van der Waals surface area (Å²) in [6.45, 7) is 0. The van der Waals surface area contributed by atoms with Crippen molar-refractivity contribution in [3.63, 3.8) is 0 Å². The van der Waals surface area contributed by atoms with Gasteiger partial charge in [-0.15, -0.1) is 0 Å². The molecule has 0 radical (unpaired) electrons. The Morgan fingerprint density at radius 3 is 2.53 bits per heavy atom. The molecule has 0 aliphatic heterocycles. The second kappa shape index (κ2) is 8.76. The molecular formula is C23H17Cl3N2O2. The van der Waals surface area contributed by atoms with Crippen LogP contribution in [0.25, 0.3) is 0 Å². The van der Waals surface area contributed by atoms with Gasteiger partial charge >= 0.3 is 0 Å². The Morgan fingerprint density at radius 1 is 0.967 bits per heavy atom. The molecule has 152 valence electrons. The summed E-state index contributed by atoms with van der Waals surface area (Å²) in [6, 6.07) is 13.3. The van der Waals surface area contributed by atoms with Gasteiger partial charge in [-0.1, -0.05) is 46.9 Å². The van der Waals surface area contributed by atoms with Gasteiger partial charge in [0.15, 0.2) is 5.78 Å². The molecule has 1 aliphatic carbocycles. The van der Waals surface area contributed by atoms with E-state index in [1.54, 1.807) is 48.5 Å². The number of nitrogens with one attached hydrogen (secondary N) is 1. The summed E-state index contributed by atoms with van der Waals surface area (Å²) in [5.41, 5.74) is 3.45. The smallest absolute Gasteiger partial charge is 0.252 e. The average Bonchev–Trinajstić information content (AvgIpc) is 2.74. The van der Waals surface area contributed by atoms with Crippen molar-refractivity contribution in [2.24, 2.45) is 0 Å². The first kappa shape index (κ1) is 20.9. The molecule has 1 aromatic heterocycles. The maximum Gasteiger partial charge on any atom is 0.252 e. The van der Waals surface area contributed by atoms with Crippen LogP contribution in [0.15, 0.2) is 54.7 Å². The number of aryl methyl sites for hydroxylation is 1. The van der Waals surface area contributed by atoms with Gasteiger partial charge in [-0.3, -0.25) is 14.6 Å². The number of aromatic nitrogens is 1. The number of carbonyl (C=O) groups excluding carboxylic acids is 2. The van der Waals surface area contributed by atoms with Gasteiger partial charge in [0.1, 0.15) is 0 Å². The molecular weight excluding hydrogens is 443 g/mol. The minimum absolute atomic E-state index is 0.127. The molecule has 1 amide bonds. The van der Waals surface area contributed by atoms with E-state index in [4.69, 9.17) is 34.8 Å². The topological polar surface area (TPSA) is 59.1 Å². The second-order valence-corrected chi connectivity index (χ2v) is 8.38. The molecule has 3 aromatic rings. The molecule has 0 unspecified atom stereocenters. The van der Waals surface area contributed by atoms with Crippen molar-refractivity contribution in [2.45, 2.75) is 25.3 Å². The van der Waals surface area contributed by atoms with Crippen LogP contribution in [0, 0.1) is 0 Å². The second-order valence-electron chi connectivity index (χ2n) is 7.13. The van der Waals surface area contributed by atoms with Gasteiger partial charge in [0.05, 0.1) is 26.8 Å². The third kappa shape index (κ3) is 4.36. The molecule has 1 heterocycles. The molecule has 30 heavy (non-hydrogen) atoms. The van der Waals surface area contributed by atoms with Crippen molar-refractivity contribution >= 4 is 46.5 Å². The Kier molecular flexibility index (Phi) is 6.09. The van der Waals surface area contributed by atoms with Crippen molar-refractivity contribution in [1.82, 2.24) is 10.3 Å². The van der Waals surface area contributed by atoms with E-state index in [1.165, 1.54) is 6.20 Å². The van der Waals surface area contributed by atoms with Gasteiger partial charge in [-0.25, -0.2) is 0 Å². The van der Waals surface area contributed by atoms with Crippen LogP contribution in [0.5, 0.6) is 0 Å². The Labute approximate surface area is 189 Å². The number of carbonyl (C=O) groups is 2. The van der Waals surface area contributed by atoms with E-state index in [1.807, 2.05) is 0 Å². The zero-order valence-electron chi connectivity index (χ0n) is 15.8. The number of rotatable bonds is 4. The molecule has 0 saturated heterocycles. The zero-order valence-corrected chi connectivity index (χ0v) is 18.1. The van der Waals surface area contributed by atoms with E-state index in [-0.39, 0.29) is 11.7 Å². The van der Waals surface area contributed by atoms with Crippen molar-refractivity contribution in [3.05, 3.63) is 97.7 Å². The molecule has 7 heteroatoms. The van der Waals surface area contributed by atoms with Crippen LogP contribution < -0.4 is 5.32 Å². The number of hydrogen-bond acceptors (Lipinski definition) is 3. The highest BCUT2D eigenvalue weighted by Crippen LogP contribution is 2.29. The fraction of sp³-hybridized carbons (Fsp3) is 0.174. The van der Waals surface area contributed by atoms with Crippen LogP contribution in [0.2, 0.25) is 15.1 Å². The van der Waals surface area contributed by atoms with Crippen LogP contribution in [-0.2, 0) is 6.42 Å². The highest BCUT2D eigenvalue weighted by atomic mass is 35.5. The third-order valence-corrected chi connectivity index (χ3v) is 6.08. The normalized spacial score (nSPS) is 14.2. The molecule has 0 bridgehead atoms. The number of fused-ring (bicyclic) bond motifs is 1. The predicted octanol–water partition coefficient (Wildman–Crippen LogP) is 6.08. The maximum absolute atomic E-state index is 13.1. The summed E-state index contributed by atoms with van der Waals surface area (Å²) >= 11 is 18.2. The van der Waals surface area contributed by atoms with Crippen molar-refractivity contribution in [3.8, 4) is 0 Å². The highest BCUT2D eigenvalue weighted by molar-refractivity contribution is 6.42. The number of halogens is 3. The van der Waals surface area contributed by atoms with Gasteiger partial charge in [-0.2, -0.15) is 0 Å². The summed E-state index contributed by atoms with van der Waals surface area (Å²) in [6.07, 6.45) is 3.67. The minimum atomic E-state index is -0.554. The Morgan fingerprint density at radius 2 is 1.80 bits per heavy atom. The van der Waals surface area contributed by atoms with E-state index in [2.05, 4.69) is 10.3 Å². The molecule has 2 aromatic carbocycles. The van der Waals surface area contributed by atoms with Gasteiger partial charge in [-0.05, 0) is 60.4 Å². The van der Waals surface area contributed by atoms with Crippen LogP contribution >= 0.6 is 34.8 Å². The van der Waals surface area contributed by atoms with Gasteiger partial charge in [0, 0.05) is 23.7 Å². The maximum atomic E-state index is 13.1. The van der Waals surface area contributed by atoms with E-state index in [0.29, 0.717) is 38.3 Å². The summed E-state index contributed by atoms with van der Waals surface area (Å²) in [7, 11) is 0. The number of nitrogens with zero attached hydrogens (tertiary/aromatic N) is 1. The lowest BCUT2D eigenvalue weighted by Gasteiger charge is -2.21. The third-order valence-electron chi connectivity index (χ3n) is 5.12. The highest BCUT2D eigenvalue weighted by Gasteiger charge is 2.22. The van der Waals surface area contributed by atoms with Gasteiger partial charge in [0.2, 0.25) is 0 Å². The summed E-state index contributed by atoms with van der Waals surface area (Å²) < 4.78 is 0. The average molecular weight is 460 g/mol. The van der Waals surface area contributed by atoms with E-state index in [9.17, 15) is 9.59 Å². The summed E-state index contributed by atoms with van der Waals surface area (Å²) in [5, 5.41) is 4.33. The molecule has 1 atom stereocenters. The van der Waals surface area contributed by atoms with Crippen LogP contribution in [0.1, 0.15) is 56.4 Å². The minimum Gasteiger partial charge on any atom is -0.340 e. The standard InChI is InChI=1S/C23H17Cl3N2O2/c24-16-6-9-20(27-12-16)22(14-5-8-18(25)19(26)11-14)28-23(30)15-4-7-17-13(10-15)2-1-3-21(17)29/h4-12,22H,1-3H2,(H,28,30)/t22-/m0/s1. The number of amides is 1. The Hall–Kier alpha value is -2.40. The van der Waals surface area contributed by atoms with Crippen LogP contribution in [0.4, 0.5) is 0 Å². The lowest BCUT2D eigenvalue weighted by Crippen LogP contribution is -2.30. The zero-order chi connectivity index (χ0) is 21.3. The van der Waals surface area contributed by atoms with Crippen LogP contribution in [0.3, 0.4) is 0 Å². The molecule has 0 saturated carbocycles. The predicted molar refractivity (Wildman–Crippen MR) is 119 cm³/mol. The first-order chi connectivity index (χ1) is 14.4. The Bertz CT molecular complexity index is 1130. The van der Waals surface area contributed by atoms with Crippen LogP contribution in [-0.4, -0.2) is 16.7 Å². The van der Waals surface area contributed by atoms with E-state index >= 15 is 0 Å². The molecule has 1 N–H and O–H groups in total. The van der Waals surface area contributed by atoms with Crippen molar-refractivity contribution in [1.29, 1.82) is 0 Å². The first-order valence-corrected chi connectivity index (χ1v) is 10.6. The molecule has 0 fully saturated rings. The molecule has 1 aliphatic rings. The quantitative estimate of drug-likeness (QED) is 0.514. The fourth-order valence-electron chi connectivity index (χ4n) is 3.58. The number of Topliss-reactive ketones (excluding diaryl/α,β-unsaturated/α-hetero) is 1. The van der Waals surface area contributed by atoms with E-state index in [0.717, 1.165) is 24.0 Å². The molecule has 4 rings (SSSR count). The lowest BCUT2D eigenvalue weighted by molar-refractivity contribution is 0.0937. The van der Waals surface area contributed by atoms with Gasteiger partial charge < -0.3 is 5.32 Å². The largest absolute Gasteiger partial charge is 0.340 e. The number of benzene rings is 2. The number of ketones is 1. The first-order valence-electron chi connectivity index (χ1n) is 9.46. The number of pyridine rings is 1. The number of hydrogen-bond donors (Lipinski definition) is 1. The van der Waals surface area contributed by atoms with Crippen molar-refractivity contribution in [2.75, 3.05) is 0 Å². The lowest BCUT2D eigenvalue weighted by atomic mass is 9.89. The molecule has 4 nitrogen and oxygen atoms in total. The molecule has 0 spiro atoms. The summed E-state index contributed by atoms with van der Waals surface area (Å²) in [4.78, 5) is 29.5. The summed E-state index contributed by atoms with van der Waals surface area (Å²) in [5.74, 6) is -0.147. The fourth-order valence-corrected chi connectivity index (χ4v) is 4.00. The monoisotopic (exact) mass is 458 g/mol. The van der Waals surface area contributed by atoms with Crippen molar-refractivity contribution < 1.29 is 9.59 Å². The van der Waals surface area contributed by atoms with Gasteiger partial charge in [0.25, 0.3) is 5.91 Å². The Balaban J connectivity index is 1.67. The SMILES string of the molecule is O=C(N[C@@H](c1ccc(Cl)c(Cl)c1)c1ccc(Cl)cn1)c1ccc2c(c1)CCCC2=O.